The summed E-state index contributed by atoms with van der Waals surface area (Å²) in [6, 6.07) is 0.380. The molecule has 1 aromatic rings. The molecule has 2 aliphatic heterocycles. The predicted octanol–water partition coefficient (Wildman–Crippen LogP) is 1.18. The molecule has 0 radical (unpaired) electrons. The summed E-state index contributed by atoms with van der Waals surface area (Å²) in [5.41, 5.74) is 1.20. The van der Waals surface area contributed by atoms with Crippen molar-refractivity contribution in [2.75, 3.05) is 25.5 Å². The van der Waals surface area contributed by atoms with Crippen LogP contribution in [0.4, 0.5) is 0 Å². The first kappa shape index (κ1) is 10.6. The minimum absolute atomic E-state index is 0.380. The van der Waals surface area contributed by atoms with Crippen molar-refractivity contribution in [3.05, 3.63) is 17.7 Å². The molecule has 1 fully saturated rings. The molecule has 1 atom stereocenters. The summed E-state index contributed by atoms with van der Waals surface area (Å²) in [4.78, 5) is 4.74. The molecule has 1 saturated heterocycles. The quantitative estimate of drug-likeness (QED) is 0.799. The molecule has 16 heavy (non-hydrogen) atoms. The van der Waals surface area contributed by atoms with Crippen molar-refractivity contribution >= 4 is 11.8 Å². The largest absolute Gasteiger partial charge is 0.380 e. The van der Waals surface area contributed by atoms with E-state index < -0.39 is 0 Å². The van der Waals surface area contributed by atoms with E-state index in [0.29, 0.717) is 6.04 Å². The van der Waals surface area contributed by atoms with E-state index in [1.807, 2.05) is 11.8 Å². The Labute approximate surface area is 99.8 Å². The van der Waals surface area contributed by atoms with Crippen LogP contribution in [-0.4, -0.2) is 35.1 Å². The van der Waals surface area contributed by atoms with Crippen molar-refractivity contribution in [2.45, 2.75) is 24.8 Å². The number of hydrogen-bond acceptors (Lipinski definition) is 4. The molecule has 1 N–H and O–H groups in total. The Morgan fingerprint density at radius 1 is 1.50 bits per heavy atom. The van der Waals surface area contributed by atoms with Gasteiger partial charge in [-0.1, -0.05) is 0 Å². The van der Waals surface area contributed by atoms with E-state index in [-0.39, 0.29) is 0 Å². The van der Waals surface area contributed by atoms with Gasteiger partial charge < -0.3 is 14.6 Å². The molecule has 2 aliphatic rings. The molecular weight excluding hydrogens is 222 g/mol. The fourth-order valence-electron chi connectivity index (χ4n) is 2.24. The van der Waals surface area contributed by atoms with Crippen LogP contribution in [0.5, 0.6) is 0 Å². The van der Waals surface area contributed by atoms with Gasteiger partial charge in [0, 0.05) is 31.6 Å². The van der Waals surface area contributed by atoms with Gasteiger partial charge in [-0.05, 0) is 6.42 Å². The lowest BCUT2D eigenvalue weighted by molar-refractivity contribution is 0.150. The first-order valence-electron chi connectivity index (χ1n) is 5.88. The molecule has 0 spiro atoms. The van der Waals surface area contributed by atoms with E-state index in [4.69, 9.17) is 9.72 Å². The summed E-state index contributed by atoms with van der Waals surface area (Å²) < 4.78 is 7.75. The van der Waals surface area contributed by atoms with Crippen LogP contribution in [0.1, 0.15) is 24.0 Å². The highest BCUT2D eigenvalue weighted by Gasteiger charge is 2.20. The van der Waals surface area contributed by atoms with E-state index in [9.17, 15) is 0 Å². The van der Waals surface area contributed by atoms with Crippen molar-refractivity contribution < 1.29 is 4.74 Å². The van der Waals surface area contributed by atoms with Gasteiger partial charge in [0.15, 0.2) is 0 Å². The average Bonchev–Trinajstić information content (AvgIpc) is 2.56. The van der Waals surface area contributed by atoms with Gasteiger partial charge in [0.2, 0.25) is 0 Å². The Balaban J connectivity index is 1.79. The summed E-state index contributed by atoms with van der Waals surface area (Å²) in [6.45, 7) is 3.70. The molecule has 88 valence electrons. The Morgan fingerprint density at radius 3 is 3.44 bits per heavy atom. The number of ether oxygens (including phenoxy) is 1. The first-order valence-corrected chi connectivity index (χ1v) is 7.04. The second-order valence-corrected chi connectivity index (χ2v) is 5.34. The lowest BCUT2D eigenvalue weighted by atomic mass is 10.1. The molecule has 0 saturated carbocycles. The minimum Gasteiger partial charge on any atom is -0.380 e. The monoisotopic (exact) mass is 239 g/mol. The van der Waals surface area contributed by atoms with E-state index in [0.717, 1.165) is 38.5 Å². The van der Waals surface area contributed by atoms with Gasteiger partial charge >= 0.3 is 0 Å². The zero-order valence-corrected chi connectivity index (χ0v) is 10.1. The summed E-state index contributed by atoms with van der Waals surface area (Å²) in [5.74, 6) is 3.51. The van der Waals surface area contributed by atoms with Gasteiger partial charge in [0.25, 0.3) is 0 Å². The molecule has 1 aromatic heterocycles. The number of imidazole rings is 1. The molecule has 5 heteroatoms. The highest BCUT2D eigenvalue weighted by Crippen LogP contribution is 2.23. The number of nitrogens with zero attached hydrogens (tertiary/aromatic N) is 2. The molecule has 0 aromatic carbocycles. The lowest BCUT2D eigenvalue weighted by Crippen LogP contribution is -2.22. The highest BCUT2D eigenvalue weighted by atomic mass is 32.2. The molecule has 3 heterocycles. The fraction of sp³-hybridized carbons (Fsp3) is 0.727. The average molecular weight is 239 g/mol. The number of rotatable bonds is 1. The molecule has 0 bridgehead atoms. The third-order valence-corrected chi connectivity index (χ3v) is 4.06. The van der Waals surface area contributed by atoms with Crippen LogP contribution in [0.2, 0.25) is 0 Å². The van der Waals surface area contributed by atoms with Gasteiger partial charge in [-0.2, -0.15) is 11.8 Å². The molecular formula is C11H17N3OS. The Morgan fingerprint density at radius 2 is 2.50 bits per heavy atom. The summed E-state index contributed by atoms with van der Waals surface area (Å²) in [7, 11) is 0. The Hall–Kier alpha value is -0.520. The standard InChI is InChI=1S/C11H17N3OS/c1-4-15-5-2-12-9(1)10-7-14-3-6-16-8-11(14)13-10/h7,9,12H,1-6,8H2. The fourth-order valence-corrected chi connectivity index (χ4v) is 3.13. The van der Waals surface area contributed by atoms with Crippen LogP contribution in [0.25, 0.3) is 0 Å². The maximum absolute atomic E-state index is 5.45. The van der Waals surface area contributed by atoms with Gasteiger partial charge in [-0.25, -0.2) is 4.98 Å². The van der Waals surface area contributed by atoms with Gasteiger partial charge in [0.05, 0.1) is 24.1 Å². The second-order valence-electron chi connectivity index (χ2n) is 4.24. The maximum Gasteiger partial charge on any atom is 0.119 e. The summed E-state index contributed by atoms with van der Waals surface area (Å²) in [5, 5.41) is 3.50. The lowest BCUT2D eigenvalue weighted by Gasteiger charge is -2.11. The number of thioether (sulfide) groups is 1. The van der Waals surface area contributed by atoms with E-state index in [1.165, 1.54) is 17.3 Å². The first-order chi connectivity index (χ1) is 7.93. The molecule has 4 nitrogen and oxygen atoms in total. The van der Waals surface area contributed by atoms with Crippen molar-refractivity contribution in [1.82, 2.24) is 14.9 Å². The van der Waals surface area contributed by atoms with Gasteiger partial charge in [-0.15, -0.1) is 0 Å². The van der Waals surface area contributed by atoms with E-state index in [2.05, 4.69) is 16.1 Å². The molecule has 0 amide bonds. The molecule has 1 unspecified atom stereocenters. The van der Waals surface area contributed by atoms with E-state index in [1.54, 1.807) is 0 Å². The van der Waals surface area contributed by atoms with Crippen molar-refractivity contribution in [2.24, 2.45) is 0 Å². The Bertz CT molecular complexity index is 335. The molecule has 0 aliphatic carbocycles. The third kappa shape index (κ3) is 2.12. The third-order valence-electron chi connectivity index (χ3n) is 3.13. The van der Waals surface area contributed by atoms with Crippen LogP contribution >= 0.6 is 11.8 Å². The topological polar surface area (TPSA) is 39.1 Å². The number of fused-ring (bicyclic) bond motifs is 1. The van der Waals surface area contributed by atoms with E-state index >= 15 is 0 Å². The SMILES string of the molecule is c1c(C2CCOCCN2)nc2n1CCSC2. The van der Waals surface area contributed by atoms with Crippen LogP contribution in [0, 0.1) is 0 Å². The zero-order chi connectivity index (χ0) is 10.8. The summed E-state index contributed by atoms with van der Waals surface area (Å²) >= 11 is 1.97. The van der Waals surface area contributed by atoms with Crippen molar-refractivity contribution in [3.8, 4) is 0 Å². The number of aromatic nitrogens is 2. The highest BCUT2D eigenvalue weighted by molar-refractivity contribution is 7.98. The zero-order valence-electron chi connectivity index (χ0n) is 9.32. The number of nitrogens with one attached hydrogen (secondary N) is 1. The number of hydrogen-bond donors (Lipinski definition) is 1. The maximum atomic E-state index is 5.45. The number of aryl methyl sites for hydroxylation is 1. The van der Waals surface area contributed by atoms with Crippen LogP contribution < -0.4 is 5.32 Å². The van der Waals surface area contributed by atoms with Crippen molar-refractivity contribution in [3.63, 3.8) is 0 Å². The van der Waals surface area contributed by atoms with Gasteiger partial charge in [-0.3, -0.25) is 0 Å². The molecule has 3 rings (SSSR count). The second kappa shape index (κ2) is 4.77. The van der Waals surface area contributed by atoms with Gasteiger partial charge in [0.1, 0.15) is 5.82 Å². The van der Waals surface area contributed by atoms with Crippen molar-refractivity contribution in [1.29, 1.82) is 0 Å². The van der Waals surface area contributed by atoms with Crippen LogP contribution in [0.3, 0.4) is 0 Å². The summed E-state index contributed by atoms with van der Waals surface area (Å²) in [6.07, 6.45) is 3.25. The predicted molar refractivity (Wildman–Crippen MR) is 64.6 cm³/mol. The van der Waals surface area contributed by atoms with Crippen LogP contribution in [-0.2, 0) is 17.0 Å². The Kier molecular flexibility index (Phi) is 3.17. The smallest absolute Gasteiger partial charge is 0.119 e. The minimum atomic E-state index is 0.380. The normalized spacial score (nSPS) is 26.1. The van der Waals surface area contributed by atoms with Crippen LogP contribution in [0.15, 0.2) is 6.20 Å².